The van der Waals surface area contributed by atoms with Crippen molar-refractivity contribution in [1.82, 2.24) is 5.32 Å². The van der Waals surface area contributed by atoms with Crippen molar-refractivity contribution in [1.29, 1.82) is 0 Å². The van der Waals surface area contributed by atoms with Gasteiger partial charge >= 0.3 is 12.1 Å². The van der Waals surface area contributed by atoms with Crippen molar-refractivity contribution >= 4 is 5.97 Å². The Balaban J connectivity index is 2.17. The third-order valence-corrected chi connectivity index (χ3v) is 2.22. The molecule has 0 aliphatic carbocycles. The van der Waals surface area contributed by atoms with Crippen molar-refractivity contribution < 1.29 is 27.8 Å². The first-order valence-corrected chi connectivity index (χ1v) is 5.56. The van der Waals surface area contributed by atoms with E-state index in [2.05, 4.69) is 10.1 Å². The highest BCUT2D eigenvalue weighted by molar-refractivity contribution is 5.87. The van der Waals surface area contributed by atoms with E-state index in [1.165, 1.54) is 12.1 Å². The maximum Gasteiger partial charge on any atom is 0.411 e. The molecule has 0 saturated carbocycles. The van der Waals surface area contributed by atoms with Crippen molar-refractivity contribution in [3.05, 3.63) is 35.4 Å². The second-order valence-corrected chi connectivity index (χ2v) is 3.85. The third kappa shape index (κ3) is 6.78. The minimum Gasteiger partial charge on any atom is -0.478 e. The standard InChI is InChI=1S/C12H14F3NO3/c13-12(14,15)8-19-6-5-16-7-9-1-3-10(4-2-9)11(17)18/h1-4,16H,5-8H2,(H,17,18). The molecule has 0 heterocycles. The highest BCUT2D eigenvalue weighted by atomic mass is 19.4. The molecule has 4 nitrogen and oxygen atoms in total. The molecule has 0 aromatic heterocycles. The van der Waals surface area contributed by atoms with E-state index in [1.54, 1.807) is 12.1 Å². The van der Waals surface area contributed by atoms with E-state index in [4.69, 9.17) is 5.11 Å². The van der Waals surface area contributed by atoms with Crippen molar-refractivity contribution in [2.45, 2.75) is 12.7 Å². The number of rotatable bonds is 7. The Labute approximate surface area is 108 Å². The molecule has 0 radical (unpaired) electrons. The number of alkyl halides is 3. The number of carboxylic acids is 1. The van der Waals surface area contributed by atoms with Crippen LogP contribution in [0.5, 0.6) is 0 Å². The average Bonchev–Trinajstić information content (AvgIpc) is 2.33. The summed E-state index contributed by atoms with van der Waals surface area (Å²) in [5.41, 5.74) is 1.04. The van der Waals surface area contributed by atoms with E-state index in [9.17, 15) is 18.0 Å². The summed E-state index contributed by atoms with van der Waals surface area (Å²) in [5.74, 6) is -1.000. The summed E-state index contributed by atoms with van der Waals surface area (Å²) in [7, 11) is 0. The van der Waals surface area contributed by atoms with Crippen LogP contribution < -0.4 is 5.32 Å². The van der Waals surface area contributed by atoms with Gasteiger partial charge in [-0.3, -0.25) is 0 Å². The Hall–Kier alpha value is -1.60. The maximum absolute atomic E-state index is 11.7. The summed E-state index contributed by atoms with van der Waals surface area (Å²) in [6.45, 7) is -0.555. The van der Waals surface area contributed by atoms with E-state index >= 15 is 0 Å². The first-order valence-electron chi connectivity index (χ1n) is 5.56. The number of ether oxygens (including phenoxy) is 1. The predicted molar refractivity (Wildman–Crippen MR) is 62.0 cm³/mol. The van der Waals surface area contributed by atoms with Gasteiger partial charge in [-0.2, -0.15) is 13.2 Å². The van der Waals surface area contributed by atoms with Crippen LogP contribution in [0.4, 0.5) is 13.2 Å². The van der Waals surface area contributed by atoms with Gasteiger partial charge in [-0.15, -0.1) is 0 Å². The Morgan fingerprint density at radius 1 is 1.26 bits per heavy atom. The fourth-order valence-electron chi connectivity index (χ4n) is 1.33. The van der Waals surface area contributed by atoms with Gasteiger partial charge in [-0.1, -0.05) is 12.1 Å². The molecule has 0 fully saturated rings. The molecular weight excluding hydrogens is 263 g/mol. The zero-order valence-corrected chi connectivity index (χ0v) is 10.0. The number of carboxylic acid groups (broad SMARTS) is 1. The average molecular weight is 277 g/mol. The summed E-state index contributed by atoms with van der Waals surface area (Å²) in [6, 6.07) is 6.24. The first-order chi connectivity index (χ1) is 8.88. The molecule has 0 aliphatic rings. The second kappa shape index (κ2) is 7.10. The van der Waals surface area contributed by atoms with E-state index < -0.39 is 18.8 Å². The lowest BCUT2D eigenvalue weighted by atomic mass is 10.1. The Morgan fingerprint density at radius 2 is 1.89 bits per heavy atom. The van der Waals surface area contributed by atoms with Crippen LogP contribution in [0.1, 0.15) is 15.9 Å². The number of halogens is 3. The van der Waals surface area contributed by atoms with Gasteiger partial charge in [0.2, 0.25) is 0 Å². The van der Waals surface area contributed by atoms with Gasteiger partial charge in [-0.05, 0) is 17.7 Å². The van der Waals surface area contributed by atoms with Crippen LogP contribution in [0.25, 0.3) is 0 Å². The van der Waals surface area contributed by atoms with Gasteiger partial charge in [0, 0.05) is 13.1 Å². The lowest BCUT2D eigenvalue weighted by Gasteiger charge is -2.08. The third-order valence-electron chi connectivity index (χ3n) is 2.22. The molecule has 0 spiro atoms. The summed E-state index contributed by atoms with van der Waals surface area (Å²) < 4.78 is 39.6. The number of hydrogen-bond donors (Lipinski definition) is 2. The quantitative estimate of drug-likeness (QED) is 0.749. The normalized spacial score (nSPS) is 11.5. The van der Waals surface area contributed by atoms with Crippen LogP contribution in [0.2, 0.25) is 0 Å². The van der Waals surface area contributed by atoms with Crippen molar-refractivity contribution in [3.8, 4) is 0 Å². The number of aromatic carboxylic acids is 1. The van der Waals surface area contributed by atoms with Gasteiger partial charge in [0.1, 0.15) is 6.61 Å². The van der Waals surface area contributed by atoms with Crippen LogP contribution in [-0.4, -0.2) is 37.0 Å². The van der Waals surface area contributed by atoms with Crippen LogP contribution >= 0.6 is 0 Å². The number of nitrogens with one attached hydrogen (secondary N) is 1. The van der Waals surface area contributed by atoms with Crippen molar-refractivity contribution in [2.24, 2.45) is 0 Å². The summed E-state index contributed by atoms with van der Waals surface area (Å²) in [5, 5.41) is 11.6. The number of hydrogen-bond acceptors (Lipinski definition) is 3. The zero-order valence-electron chi connectivity index (χ0n) is 10.0. The molecule has 0 unspecified atom stereocenters. The molecule has 0 atom stereocenters. The van der Waals surface area contributed by atoms with Gasteiger partial charge < -0.3 is 15.2 Å². The SMILES string of the molecule is O=C(O)c1ccc(CNCCOCC(F)(F)F)cc1. The van der Waals surface area contributed by atoms with Crippen molar-refractivity contribution in [3.63, 3.8) is 0 Å². The molecule has 7 heteroatoms. The molecule has 2 N–H and O–H groups in total. The van der Waals surface area contributed by atoms with E-state index in [0.717, 1.165) is 5.56 Å². The van der Waals surface area contributed by atoms with Gasteiger partial charge in [0.15, 0.2) is 0 Å². The fourth-order valence-corrected chi connectivity index (χ4v) is 1.33. The fraction of sp³-hybridized carbons (Fsp3) is 0.417. The molecule has 1 aromatic rings. The second-order valence-electron chi connectivity index (χ2n) is 3.85. The molecule has 1 rings (SSSR count). The molecule has 0 amide bonds. The zero-order chi connectivity index (χ0) is 14.3. The summed E-state index contributed by atoms with van der Waals surface area (Å²) in [4.78, 5) is 10.6. The molecule has 1 aromatic carbocycles. The molecular formula is C12H14F3NO3. The van der Waals surface area contributed by atoms with Gasteiger partial charge in [0.25, 0.3) is 0 Å². The van der Waals surface area contributed by atoms with E-state index in [0.29, 0.717) is 6.54 Å². The topological polar surface area (TPSA) is 58.6 Å². The van der Waals surface area contributed by atoms with E-state index in [-0.39, 0.29) is 18.7 Å². The smallest absolute Gasteiger partial charge is 0.411 e. The minimum atomic E-state index is -4.30. The number of benzene rings is 1. The Morgan fingerprint density at radius 3 is 2.42 bits per heavy atom. The largest absolute Gasteiger partial charge is 0.478 e. The highest BCUT2D eigenvalue weighted by Gasteiger charge is 2.27. The van der Waals surface area contributed by atoms with Crippen LogP contribution in [0, 0.1) is 0 Å². The lowest BCUT2D eigenvalue weighted by molar-refractivity contribution is -0.173. The van der Waals surface area contributed by atoms with Gasteiger partial charge in [0.05, 0.1) is 12.2 Å². The summed E-state index contributed by atoms with van der Waals surface area (Å²) >= 11 is 0. The minimum absolute atomic E-state index is 0.0350. The molecule has 0 saturated heterocycles. The van der Waals surface area contributed by atoms with Crippen LogP contribution in [0.15, 0.2) is 24.3 Å². The Kier molecular flexibility index (Phi) is 5.78. The highest BCUT2D eigenvalue weighted by Crippen LogP contribution is 2.13. The molecule has 19 heavy (non-hydrogen) atoms. The Bertz CT molecular complexity index is 404. The van der Waals surface area contributed by atoms with Crippen LogP contribution in [0.3, 0.4) is 0 Å². The lowest BCUT2D eigenvalue weighted by Crippen LogP contribution is -2.23. The summed E-state index contributed by atoms with van der Waals surface area (Å²) in [6.07, 6.45) is -4.30. The molecule has 0 aliphatic heterocycles. The maximum atomic E-state index is 11.7. The predicted octanol–water partition coefficient (Wildman–Crippen LogP) is 2.05. The van der Waals surface area contributed by atoms with Crippen molar-refractivity contribution in [2.75, 3.05) is 19.8 Å². The molecule has 106 valence electrons. The van der Waals surface area contributed by atoms with E-state index in [1.807, 2.05) is 0 Å². The number of carbonyl (C=O) groups is 1. The monoisotopic (exact) mass is 277 g/mol. The van der Waals surface area contributed by atoms with Gasteiger partial charge in [-0.25, -0.2) is 4.79 Å². The van der Waals surface area contributed by atoms with Crippen LogP contribution in [-0.2, 0) is 11.3 Å². The first kappa shape index (κ1) is 15.5. The molecule has 0 bridgehead atoms.